The molecule has 22 heavy (non-hydrogen) atoms. The van der Waals surface area contributed by atoms with Gasteiger partial charge in [0, 0.05) is 17.8 Å². The lowest BCUT2D eigenvalue weighted by molar-refractivity contribution is 0.580. The van der Waals surface area contributed by atoms with E-state index in [0.29, 0.717) is 5.92 Å². The molecule has 0 spiro atoms. The van der Waals surface area contributed by atoms with Gasteiger partial charge >= 0.3 is 0 Å². The fraction of sp³-hybridized carbons (Fsp3) is 0.278. The van der Waals surface area contributed by atoms with Crippen LogP contribution in [0, 0.1) is 5.92 Å². The topological polar surface area (TPSA) is 38.1 Å². The van der Waals surface area contributed by atoms with Gasteiger partial charge in [0.05, 0.1) is 6.26 Å². The third-order valence-corrected chi connectivity index (χ3v) is 4.33. The van der Waals surface area contributed by atoms with Crippen molar-refractivity contribution < 1.29 is 4.42 Å². The van der Waals surface area contributed by atoms with E-state index >= 15 is 0 Å². The van der Waals surface area contributed by atoms with Crippen LogP contribution in [0.5, 0.6) is 0 Å². The predicted molar refractivity (Wildman–Crippen MR) is 92.4 cm³/mol. The van der Waals surface area contributed by atoms with E-state index in [0.717, 1.165) is 29.6 Å². The van der Waals surface area contributed by atoms with E-state index in [1.807, 2.05) is 18.2 Å². The molecule has 0 fully saturated rings. The molecule has 4 heteroatoms. The number of nitrogens with zero attached hydrogens (tertiary/aromatic N) is 1. The molecule has 1 aromatic carbocycles. The zero-order chi connectivity index (χ0) is 15.4. The zero-order valence-electron chi connectivity index (χ0n) is 12.9. The number of benzene rings is 1. The Hall–Kier alpha value is -2.07. The molecular weight excluding hydrogens is 292 g/mol. The van der Waals surface area contributed by atoms with Crippen molar-refractivity contribution in [1.29, 1.82) is 0 Å². The molecule has 0 amide bonds. The van der Waals surface area contributed by atoms with E-state index in [-0.39, 0.29) is 0 Å². The maximum absolute atomic E-state index is 5.55. The molecule has 0 saturated heterocycles. The fourth-order valence-electron chi connectivity index (χ4n) is 2.23. The first-order valence-corrected chi connectivity index (χ1v) is 8.35. The van der Waals surface area contributed by atoms with Crippen LogP contribution in [-0.4, -0.2) is 11.5 Å². The van der Waals surface area contributed by atoms with E-state index in [2.05, 4.69) is 43.4 Å². The number of anilines is 1. The molecule has 3 aromatic rings. The standard InChI is InChI=1S/C18H20N2OS/c1-13(2)12-19-18-20-17(15-9-6-10-21-15)16(22-18)11-14-7-4-3-5-8-14/h3-10,13H,11-12H2,1-2H3,(H,19,20). The van der Waals surface area contributed by atoms with Gasteiger partial charge in [0.25, 0.3) is 0 Å². The van der Waals surface area contributed by atoms with E-state index in [4.69, 9.17) is 9.40 Å². The lowest BCUT2D eigenvalue weighted by Gasteiger charge is -2.04. The second-order valence-corrected chi connectivity index (χ2v) is 6.79. The van der Waals surface area contributed by atoms with Gasteiger partial charge in [-0.3, -0.25) is 0 Å². The minimum absolute atomic E-state index is 0.591. The van der Waals surface area contributed by atoms with Crippen LogP contribution >= 0.6 is 11.3 Å². The zero-order valence-corrected chi connectivity index (χ0v) is 13.7. The smallest absolute Gasteiger partial charge is 0.183 e. The minimum atomic E-state index is 0.591. The van der Waals surface area contributed by atoms with Gasteiger partial charge in [-0.1, -0.05) is 44.2 Å². The van der Waals surface area contributed by atoms with Crippen molar-refractivity contribution in [3.63, 3.8) is 0 Å². The Morgan fingerprint density at radius 1 is 1.14 bits per heavy atom. The van der Waals surface area contributed by atoms with Crippen LogP contribution in [0.25, 0.3) is 11.5 Å². The number of aromatic nitrogens is 1. The van der Waals surface area contributed by atoms with Crippen LogP contribution in [0.15, 0.2) is 53.1 Å². The number of nitrogens with one attached hydrogen (secondary N) is 1. The highest BCUT2D eigenvalue weighted by Crippen LogP contribution is 2.33. The van der Waals surface area contributed by atoms with Gasteiger partial charge in [0.15, 0.2) is 10.9 Å². The average molecular weight is 312 g/mol. The molecule has 0 aliphatic rings. The molecule has 0 atom stereocenters. The average Bonchev–Trinajstić information content (AvgIpc) is 3.15. The third kappa shape index (κ3) is 3.57. The summed E-state index contributed by atoms with van der Waals surface area (Å²) >= 11 is 1.71. The van der Waals surface area contributed by atoms with Gasteiger partial charge in [-0.05, 0) is 23.6 Å². The van der Waals surface area contributed by atoms with Crippen molar-refractivity contribution in [3.05, 3.63) is 59.2 Å². The van der Waals surface area contributed by atoms with Crippen LogP contribution in [0.2, 0.25) is 0 Å². The quantitative estimate of drug-likeness (QED) is 0.691. The number of furan rings is 1. The van der Waals surface area contributed by atoms with E-state index in [9.17, 15) is 0 Å². The van der Waals surface area contributed by atoms with Gasteiger partial charge in [-0.25, -0.2) is 4.98 Å². The van der Waals surface area contributed by atoms with Crippen molar-refractivity contribution in [3.8, 4) is 11.5 Å². The first-order valence-electron chi connectivity index (χ1n) is 7.53. The Morgan fingerprint density at radius 2 is 1.95 bits per heavy atom. The molecule has 0 aliphatic heterocycles. The molecule has 1 N–H and O–H groups in total. The summed E-state index contributed by atoms with van der Waals surface area (Å²) in [6.45, 7) is 5.31. The van der Waals surface area contributed by atoms with Crippen molar-refractivity contribution >= 4 is 16.5 Å². The van der Waals surface area contributed by atoms with Crippen LogP contribution in [0.3, 0.4) is 0 Å². The summed E-state index contributed by atoms with van der Waals surface area (Å²) in [6.07, 6.45) is 2.57. The summed E-state index contributed by atoms with van der Waals surface area (Å²) in [7, 11) is 0. The third-order valence-electron chi connectivity index (χ3n) is 3.32. The number of thiazole rings is 1. The Bertz CT molecular complexity index is 702. The normalized spacial score (nSPS) is 11.0. The molecule has 2 aromatic heterocycles. The Labute approximate surface area is 135 Å². The summed E-state index contributed by atoms with van der Waals surface area (Å²) in [5, 5.41) is 4.38. The fourth-order valence-corrected chi connectivity index (χ4v) is 3.23. The number of hydrogen-bond acceptors (Lipinski definition) is 4. The second-order valence-electron chi connectivity index (χ2n) is 5.71. The maximum atomic E-state index is 5.55. The molecular formula is C18H20N2OS. The van der Waals surface area contributed by atoms with Gasteiger partial charge in [0.1, 0.15) is 5.69 Å². The van der Waals surface area contributed by atoms with Crippen molar-refractivity contribution in [1.82, 2.24) is 4.98 Å². The first-order chi connectivity index (χ1) is 10.7. The molecule has 114 valence electrons. The Kier molecular flexibility index (Phi) is 4.59. The highest BCUT2D eigenvalue weighted by Gasteiger charge is 2.15. The predicted octanol–water partition coefficient (Wildman–Crippen LogP) is 5.06. The van der Waals surface area contributed by atoms with Crippen molar-refractivity contribution in [2.45, 2.75) is 20.3 Å². The Morgan fingerprint density at radius 3 is 2.64 bits per heavy atom. The Balaban J connectivity index is 1.89. The van der Waals surface area contributed by atoms with Crippen LogP contribution in [-0.2, 0) is 6.42 Å². The summed E-state index contributed by atoms with van der Waals surface area (Å²) in [4.78, 5) is 5.96. The van der Waals surface area contributed by atoms with Gasteiger partial charge in [0.2, 0.25) is 0 Å². The monoisotopic (exact) mass is 312 g/mol. The number of rotatable bonds is 6. The largest absolute Gasteiger partial charge is 0.463 e. The van der Waals surface area contributed by atoms with Gasteiger partial charge < -0.3 is 9.73 Å². The minimum Gasteiger partial charge on any atom is -0.463 e. The molecule has 3 nitrogen and oxygen atoms in total. The molecule has 0 radical (unpaired) electrons. The van der Waals surface area contributed by atoms with Crippen LogP contribution in [0.4, 0.5) is 5.13 Å². The maximum Gasteiger partial charge on any atom is 0.183 e. The van der Waals surface area contributed by atoms with Crippen molar-refractivity contribution in [2.75, 3.05) is 11.9 Å². The summed E-state index contributed by atoms with van der Waals surface area (Å²) in [6, 6.07) is 14.3. The molecule has 0 bridgehead atoms. The molecule has 3 rings (SSSR count). The highest BCUT2D eigenvalue weighted by molar-refractivity contribution is 7.16. The molecule has 2 heterocycles. The van der Waals surface area contributed by atoms with E-state index in [1.54, 1.807) is 17.6 Å². The van der Waals surface area contributed by atoms with Gasteiger partial charge in [-0.2, -0.15) is 0 Å². The lowest BCUT2D eigenvalue weighted by Crippen LogP contribution is -2.07. The molecule has 0 saturated carbocycles. The van der Waals surface area contributed by atoms with Gasteiger partial charge in [-0.15, -0.1) is 11.3 Å². The van der Waals surface area contributed by atoms with E-state index in [1.165, 1.54) is 10.4 Å². The first kappa shape index (κ1) is 14.9. The van der Waals surface area contributed by atoms with Crippen LogP contribution in [0.1, 0.15) is 24.3 Å². The number of hydrogen-bond donors (Lipinski definition) is 1. The summed E-state index contributed by atoms with van der Waals surface area (Å²) < 4.78 is 5.55. The second kappa shape index (κ2) is 6.79. The molecule has 0 unspecified atom stereocenters. The molecule has 0 aliphatic carbocycles. The summed E-state index contributed by atoms with van der Waals surface area (Å²) in [5.74, 6) is 1.42. The van der Waals surface area contributed by atoms with Crippen LogP contribution < -0.4 is 5.32 Å². The lowest BCUT2D eigenvalue weighted by atomic mass is 10.1. The van der Waals surface area contributed by atoms with Crippen molar-refractivity contribution in [2.24, 2.45) is 5.92 Å². The SMILES string of the molecule is CC(C)CNc1nc(-c2ccco2)c(Cc2ccccc2)s1. The van der Waals surface area contributed by atoms with E-state index < -0.39 is 0 Å². The summed E-state index contributed by atoms with van der Waals surface area (Å²) in [5.41, 5.74) is 2.24. The highest BCUT2D eigenvalue weighted by atomic mass is 32.1.